The number of fused-ring (bicyclic) bond motifs is 1. The van der Waals surface area contributed by atoms with Gasteiger partial charge in [0.05, 0.1) is 23.0 Å². The molecule has 1 spiro atoms. The van der Waals surface area contributed by atoms with E-state index < -0.39 is 51.7 Å². The Morgan fingerprint density at radius 3 is 2.85 bits per heavy atom. The number of carboxylic acid groups (broad SMARTS) is 1. The summed E-state index contributed by atoms with van der Waals surface area (Å²) >= 11 is 0. The van der Waals surface area contributed by atoms with Crippen LogP contribution in [0.1, 0.15) is 32.6 Å². The van der Waals surface area contributed by atoms with E-state index in [9.17, 15) is 24.9 Å². The molecule has 3 saturated carbocycles. The van der Waals surface area contributed by atoms with Gasteiger partial charge in [0.25, 0.3) is 0 Å². The zero-order chi connectivity index (χ0) is 18.7. The number of aliphatic hydroxyl groups is 2. The van der Waals surface area contributed by atoms with E-state index in [-0.39, 0.29) is 12.5 Å². The number of rotatable bonds is 1. The van der Waals surface area contributed by atoms with Gasteiger partial charge in [0, 0.05) is 11.3 Å². The molecule has 6 nitrogen and oxygen atoms in total. The highest BCUT2D eigenvalue weighted by molar-refractivity contribution is 5.83. The van der Waals surface area contributed by atoms with Crippen LogP contribution in [0, 0.1) is 34.0 Å². The van der Waals surface area contributed by atoms with Crippen LogP contribution in [-0.2, 0) is 14.3 Å². The van der Waals surface area contributed by atoms with Crippen LogP contribution < -0.4 is 0 Å². The van der Waals surface area contributed by atoms with Gasteiger partial charge in [-0.25, -0.2) is 0 Å². The van der Waals surface area contributed by atoms with Gasteiger partial charge in [-0.3, -0.25) is 9.59 Å². The van der Waals surface area contributed by atoms with Crippen molar-refractivity contribution in [2.45, 2.75) is 44.3 Å². The predicted octanol–water partition coefficient (Wildman–Crippen LogP) is 1.27. The molecule has 5 aliphatic rings. The fraction of sp³-hybridized carbons (Fsp3) is 0.700. The van der Waals surface area contributed by atoms with Gasteiger partial charge < -0.3 is 20.1 Å². The average molecular weight is 360 g/mol. The topological polar surface area (TPSA) is 104 Å². The van der Waals surface area contributed by atoms with Crippen LogP contribution in [0.15, 0.2) is 24.3 Å². The molecule has 0 radical (unpaired) electrons. The number of carbonyl (C=O) groups excluding carboxylic acids is 1. The first-order valence-electron chi connectivity index (χ1n) is 9.30. The SMILES string of the molecule is C=C1C[C@]23C[C@@]1(O)CC[C@H]2[C@@]12C=C[C@H](O)[C@@](C)(C(=O)OC1)[C@H]2[C@@H]3C(=O)O. The standard InChI is InChI=1S/C20H24O6/c1-10-7-19-8-20(10,25)6-3-11(19)18-5-4-12(21)17(2,16(24)26-9-18)14(18)13(19)15(22)23/h4-5,11-14,21,25H,1,3,6-9H2,2H3,(H,22,23)/t11-,12-,13+,14+,17+,18+,19-,20-/m0/s1. The molecule has 1 aliphatic heterocycles. The van der Waals surface area contributed by atoms with Gasteiger partial charge in [-0.1, -0.05) is 18.7 Å². The molecular formula is C20H24O6. The maximum atomic E-state index is 12.7. The van der Waals surface area contributed by atoms with Crippen LogP contribution >= 0.6 is 0 Å². The number of carbonyl (C=O) groups is 2. The van der Waals surface area contributed by atoms with Crippen molar-refractivity contribution in [3.63, 3.8) is 0 Å². The molecule has 0 aromatic heterocycles. The van der Waals surface area contributed by atoms with Crippen molar-refractivity contribution >= 4 is 11.9 Å². The van der Waals surface area contributed by atoms with E-state index in [2.05, 4.69) is 6.58 Å². The Morgan fingerprint density at radius 1 is 1.42 bits per heavy atom. The number of aliphatic carboxylic acids is 1. The average Bonchev–Trinajstić information content (AvgIpc) is 2.93. The molecule has 1 heterocycles. The summed E-state index contributed by atoms with van der Waals surface area (Å²) in [5.41, 5.74) is -2.85. The number of aliphatic hydroxyl groups excluding tert-OH is 1. The number of carboxylic acids is 1. The first kappa shape index (κ1) is 16.5. The molecule has 0 unspecified atom stereocenters. The van der Waals surface area contributed by atoms with Gasteiger partial charge >= 0.3 is 11.9 Å². The van der Waals surface area contributed by atoms with Gasteiger partial charge in [0.15, 0.2) is 0 Å². The highest BCUT2D eigenvalue weighted by atomic mass is 16.5. The third-order valence-electron chi connectivity index (χ3n) is 8.55. The van der Waals surface area contributed by atoms with E-state index in [0.29, 0.717) is 31.3 Å². The minimum Gasteiger partial charge on any atom is -0.481 e. The highest BCUT2D eigenvalue weighted by Gasteiger charge is 2.80. The maximum Gasteiger partial charge on any atom is 0.315 e. The predicted molar refractivity (Wildman–Crippen MR) is 89.7 cm³/mol. The number of hydrogen-bond donors (Lipinski definition) is 3. The molecule has 5 rings (SSSR count). The zero-order valence-corrected chi connectivity index (χ0v) is 14.8. The molecule has 26 heavy (non-hydrogen) atoms. The van der Waals surface area contributed by atoms with E-state index in [1.807, 2.05) is 6.08 Å². The number of esters is 1. The summed E-state index contributed by atoms with van der Waals surface area (Å²) in [7, 11) is 0. The third-order valence-corrected chi connectivity index (χ3v) is 8.55. The lowest BCUT2D eigenvalue weighted by molar-refractivity contribution is -0.197. The van der Waals surface area contributed by atoms with Crippen molar-refractivity contribution in [1.29, 1.82) is 0 Å². The lowest BCUT2D eigenvalue weighted by atomic mass is 9.53. The van der Waals surface area contributed by atoms with Crippen molar-refractivity contribution in [1.82, 2.24) is 0 Å². The molecular weight excluding hydrogens is 336 g/mol. The van der Waals surface area contributed by atoms with Crippen LogP contribution in [0.2, 0.25) is 0 Å². The van der Waals surface area contributed by atoms with E-state index in [1.165, 1.54) is 0 Å². The molecule has 0 amide bonds. The largest absolute Gasteiger partial charge is 0.481 e. The molecule has 4 fully saturated rings. The zero-order valence-electron chi connectivity index (χ0n) is 14.8. The lowest BCUT2D eigenvalue weighted by Crippen LogP contribution is -2.61. The number of cyclic esters (lactones) is 1. The Balaban J connectivity index is 1.79. The smallest absolute Gasteiger partial charge is 0.315 e. The van der Waals surface area contributed by atoms with Crippen molar-refractivity contribution in [3.05, 3.63) is 24.3 Å². The Labute approximate surface area is 151 Å². The molecule has 8 atom stereocenters. The second-order valence-electron chi connectivity index (χ2n) is 9.38. The molecule has 6 heteroatoms. The van der Waals surface area contributed by atoms with Crippen molar-refractivity contribution in [2.75, 3.05) is 6.61 Å². The fourth-order valence-corrected chi connectivity index (χ4v) is 7.57. The Bertz CT molecular complexity index is 787. The molecule has 0 aromatic rings. The monoisotopic (exact) mass is 360 g/mol. The van der Waals surface area contributed by atoms with Gasteiger partial charge in [0.2, 0.25) is 0 Å². The first-order valence-corrected chi connectivity index (χ1v) is 9.30. The minimum atomic E-state index is -1.29. The van der Waals surface area contributed by atoms with E-state index in [4.69, 9.17) is 4.74 Å². The first-order chi connectivity index (χ1) is 12.1. The minimum absolute atomic E-state index is 0.0169. The molecule has 4 aliphatic carbocycles. The molecule has 3 N–H and O–H groups in total. The van der Waals surface area contributed by atoms with Crippen LogP contribution in [0.4, 0.5) is 0 Å². The second-order valence-corrected chi connectivity index (χ2v) is 9.38. The summed E-state index contributed by atoms with van der Waals surface area (Å²) in [5.74, 6) is -2.87. The summed E-state index contributed by atoms with van der Waals surface area (Å²) < 4.78 is 5.53. The van der Waals surface area contributed by atoms with E-state index in [0.717, 1.165) is 0 Å². The highest BCUT2D eigenvalue weighted by Crippen LogP contribution is 2.78. The van der Waals surface area contributed by atoms with Gasteiger partial charge in [-0.2, -0.15) is 0 Å². The quantitative estimate of drug-likeness (QED) is 0.481. The van der Waals surface area contributed by atoms with Crippen molar-refractivity contribution < 1.29 is 29.6 Å². The van der Waals surface area contributed by atoms with Crippen LogP contribution in [0.5, 0.6) is 0 Å². The van der Waals surface area contributed by atoms with Crippen LogP contribution in [-0.4, -0.2) is 45.6 Å². The van der Waals surface area contributed by atoms with Crippen molar-refractivity contribution in [3.8, 4) is 0 Å². The molecule has 4 bridgehead atoms. The molecule has 1 saturated heterocycles. The summed E-state index contributed by atoms with van der Waals surface area (Å²) in [4.78, 5) is 25.2. The Morgan fingerprint density at radius 2 is 2.15 bits per heavy atom. The number of ether oxygens (including phenoxy) is 1. The van der Waals surface area contributed by atoms with Crippen molar-refractivity contribution in [2.24, 2.45) is 34.0 Å². The summed E-state index contributed by atoms with van der Waals surface area (Å²) in [5, 5.41) is 31.9. The molecule has 140 valence electrons. The lowest BCUT2D eigenvalue weighted by Gasteiger charge is -2.54. The van der Waals surface area contributed by atoms with Crippen LogP contribution in [0.3, 0.4) is 0 Å². The van der Waals surface area contributed by atoms with Gasteiger partial charge in [0.1, 0.15) is 6.61 Å². The Kier molecular flexibility index (Phi) is 2.81. The Hall–Kier alpha value is -1.66. The van der Waals surface area contributed by atoms with Gasteiger partial charge in [-0.05, 0) is 49.5 Å². The van der Waals surface area contributed by atoms with E-state index in [1.54, 1.807) is 13.0 Å². The second kappa shape index (κ2) is 4.42. The summed E-state index contributed by atoms with van der Waals surface area (Å²) in [6.45, 7) is 5.85. The summed E-state index contributed by atoms with van der Waals surface area (Å²) in [6.07, 6.45) is 4.54. The summed E-state index contributed by atoms with van der Waals surface area (Å²) in [6, 6.07) is 0. The maximum absolute atomic E-state index is 12.7. The fourth-order valence-electron chi connectivity index (χ4n) is 7.57. The molecule has 0 aromatic carbocycles. The van der Waals surface area contributed by atoms with E-state index >= 15 is 0 Å². The van der Waals surface area contributed by atoms with Gasteiger partial charge in [-0.15, -0.1) is 0 Å². The van der Waals surface area contributed by atoms with Crippen LogP contribution in [0.25, 0.3) is 0 Å². The third kappa shape index (κ3) is 1.46. The number of hydrogen-bond acceptors (Lipinski definition) is 5. The normalized spacial score (nSPS) is 56.7.